The maximum absolute atomic E-state index is 5.91. The van der Waals surface area contributed by atoms with Gasteiger partial charge in [-0.05, 0) is 25.7 Å². The minimum atomic E-state index is 0.602. The molecule has 1 aliphatic carbocycles. The molecule has 0 bridgehead atoms. The van der Waals surface area contributed by atoms with Crippen molar-refractivity contribution in [2.24, 2.45) is 5.84 Å². The van der Waals surface area contributed by atoms with Crippen LogP contribution < -0.4 is 11.3 Å². The van der Waals surface area contributed by atoms with E-state index in [0.717, 1.165) is 41.9 Å². The Labute approximate surface area is 120 Å². The summed E-state index contributed by atoms with van der Waals surface area (Å²) in [6.07, 6.45) is 7.11. The van der Waals surface area contributed by atoms with Crippen molar-refractivity contribution in [1.82, 2.24) is 15.0 Å². The molecule has 0 aliphatic heterocycles. The lowest BCUT2D eigenvalue weighted by Gasteiger charge is -2.11. The number of aromatic nitrogens is 3. The van der Waals surface area contributed by atoms with Gasteiger partial charge in [0, 0.05) is 11.3 Å². The number of halogens is 1. The monoisotopic (exact) mass is 295 g/mol. The average Bonchev–Trinajstić information content (AvgIpc) is 2.72. The predicted molar refractivity (Wildman–Crippen MR) is 77.2 cm³/mol. The Hall–Kier alpha value is -1.24. The molecule has 0 radical (unpaired) electrons. The molecule has 0 fully saturated rings. The van der Waals surface area contributed by atoms with Gasteiger partial charge in [-0.2, -0.15) is 0 Å². The summed E-state index contributed by atoms with van der Waals surface area (Å²) in [4.78, 5) is 13.3. The number of hydrogen-bond acceptors (Lipinski definition) is 6. The van der Waals surface area contributed by atoms with Crippen LogP contribution >= 0.6 is 22.9 Å². The molecule has 0 atom stereocenters. The molecule has 3 rings (SSSR count). The van der Waals surface area contributed by atoms with Crippen molar-refractivity contribution in [3.8, 4) is 10.8 Å². The van der Waals surface area contributed by atoms with Crippen LogP contribution in [0.15, 0.2) is 6.20 Å². The zero-order valence-corrected chi connectivity index (χ0v) is 11.9. The number of nitrogen functional groups attached to an aromatic ring is 1. The number of thiazole rings is 1. The number of hydrogen-bond donors (Lipinski definition) is 2. The lowest BCUT2D eigenvalue weighted by Crippen LogP contribution is -2.14. The van der Waals surface area contributed by atoms with Gasteiger partial charge in [0.2, 0.25) is 0 Å². The van der Waals surface area contributed by atoms with Crippen molar-refractivity contribution in [2.45, 2.75) is 32.1 Å². The van der Waals surface area contributed by atoms with Crippen LogP contribution in [0.25, 0.3) is 10.8 Å². The van der Waals surface area contributed by atoms with Gasteiger partial charge in [0.05, 0.1) is 6.20 Å². The third-order valence-corrected chi connectivity index (χ3v) is 4.35. The van der Waals surface area contributed by atoms with E-state index in [0.29, 0.717) is 16.0 Å². The van der Waals surface area contributed by atoms with Crippen LogP contribution in [-0.2, 0) is 12.8 Å². The van der Waals surface area contributed by atoms with E-state index in [4.69, 9.17) is 17.4 Å². The molecule has 2 aromatic heterocycles. The van der Waals surface area contributed by atoms with Crippen LogP contribution in [-0.4, -0.2) is 15.0 Å². The highest BCUT2D eigenvalue weighted by molar-refractivity contribution is 7.18. The molecule has 0 saturated heterocycles. The fraction of sp³-hybridized carbons (Fsp3) is 0.417. The summed E-state index contributed by atoms with van der Waals surface area (Å²) in [6, 6.07) is 0. The number of nitrogens with one attached hydrogen (secondary N) is 1. The van der Waals surface area contributed by atoms with Crippen LogP contribution in [0.3, 0.4) is 0 Å². The van der Waals surface area contributed by atoms with Crippen LogP contribution in [0.2, 0.25) is 4.34 Å². The van der Waals surface area contributed by atoms with E-state index in [1.165, 1.54) is 17.8 Å². The normalized spacial score (nSPS) is 14.8. The van der Waals surface area contributed by atoms with Crippen LogP contribution in [0, 0.1) is 0 Å². The number of rotatable bonds is 2. The first-order valence-corrected chi connectivity index (χ1v) is 7.45. The van der Waals surface area contributed by atoms with Gasteiger partial charge in [0.1, 0.15) is 10.2 Å². The van der Waals surface area contributed by atoms with E-state index < -0.39 is 0 Å². The van der Waals surface area contributed by atoms with Gasteiger partial charge in [0.15, 0.2) is 10.8 Å². The molecule has 19 heavy (non-hydrogen) atoms. The number of anilines is 1. The number of fused-ring (bicyclic) bond motifs is 1. The molecule has 5 nitrogen and oxygen atoms in total. The standard InChI is InChI=1S/C12H14ClN5S/c13-9-6-15-12(19-9)11-16-8-5-3-1-2-4-7(8)10(17-11)18-14/h6H,1-5,14H2,(H,16,17,18). The highest BCUT2D eigenvalue weighted by Gasteiger charge is 2.18. The third-order valence-electron chi connectivity index (χ3n) is 3.24. The zero-order chi connectivity index (χ0) is 13.2. The van der Waals surface area contributed by atoms with E-state index in [9.17, 15) is 0 Å². The molecule has 2 heterocycles. The molecule has 0 amide bonds. The minimum absolute atomic E-state index is 0.602. The maximum atomic E-state index is 5.91. The zero-order valence-electron chi connectivity index (χ0n) is 10.3. The molecule has 2 aromatic rings. The molecular formula is C12H14ClN5S. The lowest BCUT2D eigenvalue weighted by molar-refractivity contribution is 0.709. The number of hydrazine groups is 1. The first-order valence-electron chi connectivity index (χ1n) is 6.26. The Kier molecular flexibility index (Phi) is 3.63. The van der Waals surface area contributed by atoms with Gasteiger partial charge in [-0.15, -0.1) is 0 Å². The first-order chi connectivity index (χ1) is 9.28. The number of aryl methyl sites for hydroxylation is 1. The molecule has 1 aliphatic rings. The first kappa shape index (κ1) is 12.8. The smallest absolute Gasteiger partial charge is 0.191 e. The molecule has 0 unspecified atom stereocenters. The summed E-state index contributed by atoms with van der Waals surface area (Å²) in [5, 5.41) is 0.730. The van der Waals surface area contributed by atoms with E-state index >= 15 is 0 Å². The van der Waals surface area contributed by atoms with Crippen molar-refractivity contribution in [3.63, 3.8) is 0 Å². The number of nitrogens with two attached hydrogens (primary N) is 1. The number of nitrogens with zero attached hydrogens (tertiary/aromatic N) is 3. The average molecular weight is 296 g/mol. The Morgan fingerprint density at radius 3 is 2.79 bits per heavy atom. The Bertz CT molecular complexity index is 598. The quantitative estimate of drug-likeness (QED) is 0.506. The van der Waals surface area contributed by atoms with Gasteiger partial charge in [-0.3, -0.25) is 0 Å². The largest absolute Gasteiger partial charge is 0.308 e. The topological polar surface area (TPSA) is 76.7 Å². The third kappa shape index (κ3) is 2.56. The lowest BCUT2D eigenvalue weighted by atomic mass is 10.1. The van der Waals surface area contributed by atoms with E-state index in [1.54, 1.807) is 6.20 Å². The molecular weight excluding hydrogens is 282 g/mol. The van der Waals surface area contributed by atoms with Gasteiger partial charge in [0.25, 0.3) is 0 Å². The predicted octanol–water partition coefficient (Wildman–Crippen LogP) is 2.81. The molecule has 0 saturated carbocycles. The summed E-state index contributed by atoms with van der Waals surface area (Å²) in [5.74, 6) is 6.91. The fourth-order valence-corrected chi connectivity index (χ4v) is 3.19. The van der Waals surface area contributed by atoms with Crippen molar-refractivity contribution < 1.29 is 0 Å². The van der Waals surface area contributed by atoms with Gasteiger partial charge < -0.3 is 5.43 Å². The molecule has 3 N–H and O–H groups in total. The molecule has 100 valence electrons. The van der Waals surface area contributed by atoms with Crippen LogP contribution in [0.4, 0.5) is 5.82 Å². The Morgan fingerprint density at radius 1 is 1.21 bits per heavy atom. The van der Waals surface area contributed by atoms with E-state index in [-0.39, 0.29) is 0 Å². The van der Waals surface area contributed by atoms with Crippen molar-refractivity contribution in [2.75, 3.05) is 5.43 Å². The highest BCUT2D eigenvalue weighted by Crippen LogP contribution is 2.30. The van der Waals surface area contributed by atoms with Crippen LogP contribution in [0.5, 0.6) is 0 Å². The highest BCUT2D eigenvalue weighted by atomic mass is 35.5. The Morgan fingerprint density at radius 2 is 2.05 bits per heavy atom. The minimum Gasteiger partial charge on any atom is -0.308 e. The summed E-state index contributed by atoms with van der Waals surface area (Å²) in [6.45, 7) is 0. The molecule has 0 spiro atoms. The second-order valence-corrected chi connectivity index (χ2v) is 6.16. The second-order valence-electron chi connectivity index (χ2n) is 4.50. The van der Waals surface area contributed by atoms with Crippen molar-refractivity contribution in [3.05, 3.63) is 21.8 Å². The van der Waals surface area contributed by atoms with Crippen molar-refractivity contribution >= 4 is 28.8 Å². The van der Waals surface area contributed by atoms with Crippen LogP contribution in [0.1, 0.15) is 30.5 Å². The SMILES string of the molecule is NNc1nc(-c2ncc(Cl)s2)nc2c1CCCCC2. The second kappa shape index (κ2) is 5.40. The van der Waals surface area contributed by atoms with E-state index in [1.807, 2.05) is 0 Å². The van der Waals surface area contributed by atoms with Gasteiger partial charge >= 0.3 is 0 Å². The molecule has 7 heteroatoms. The summed E-state index contributed by atoms with van der Waals surface area (Å²) < 4.78 is 0.635. The fourth-order valence-electron chi connectivity index (χ4n) is 2.34. The van der Waals surface area contributed by atoms with Gasteiger partial charge in [-0.1, -0.05) is 29.4 Å². The maximum Gasteiger partial charge on any atom is 0.191 e. The molecule has 0 aromatic carbocycles. The van der Waals surface area contributed by atoms with Crippen molar-refractivity contribution in [1.29, 1.82) is 0 Å². The summed E-state index contributed by atoms with van der Waals surface area (Å²) in [5.41, 5.74) is 4.92. The van der Waals surface area contributed by atoms with Gasteiger partial charge in [-0.25, -0.2) is 20.8 Å². The summed E-state index contributed by atoms with van der Waals surface area (Å²) >= 11 is 7.29. The summed E-state index contributed by atoms with van der Waals surface area (Å²) in [7, 11) is 0. The Balaban J connectivity index is 2.09. The van der Waals surface area contributed by atoms with E-state index in [2.05, 4.69) is 20.4 Å².